The van der Waals surface area contributed by atoms with Crippen molar-refractivity contribution in [2.45, 2.75) is 31.8 Å². The van der Waals surface area contributed by atoms with E-state index in [1.807, 2.05) is 18.2 Å². The van der Waals surface area contributed by atoms with Gasteiger partial charge in [-0.05, 0) is 49.2 Å². The molecule has 0 amide bonds. The van der Waals surface area contributed by atoms with Crippen LogP contribution in [0.5, 0.6) is 0 Å². The highest BCUT2D eigenvalue weighted by Gasteiger charge is 2.29. The highest BCUT2D eigenvalue weighted by Crippen LogP contribution is 2.32. The first-order valence-corrected chi connectivity index (χ1v) is 8.52. The minimum absolute atomic E-state index is 0.0648. The monoisotopic (exact) mass is 338 g/mol. The average Bonchev–Trinajstić information content (AvgIpc) is 3.13. The summed E-state index contributed by atoms with van der Waals surface area (Å²) in [6, 6.07) is 10.6. The summed E-state index contributed by atoms with van der Waals surface area (Å²) in [4.78, 5) is 11.0. The molecule has 1 aliphatic rings. The molecule has 0 radical (unpaired) electrons. The number of halogens is 1. The number of hydrogen-bond donors (Lipinski definition) is 0. The Bertz CT molecular complexity index is 836. The summed E-state index contributed by atoms with van der Waals surface area (Å²) >= 11 is 0. The summed E-state index contributed by atoms with van der Waals surface area (Å²) in [5.74, 6) is 0.969. The third-order valence-corrected chi connectivity index (χ3v) is 4.53. The standard InChI is InChI=1S/C19H19FN4O/c20-16-7-3-5-14(11-16)13-24-10-2-1-8-17(24)19-22-18(23-25-19)15-6-4-9-21-12-15/h3-7,9,11-12,17H,1-2,8,10,13H2/t17-/m0/s1. The lowest BCUT2D eigenvalue weighted by atomic mass is 10.0. The van der Waals surface area contributed by atoms with Crippen LogP contribution in [-0.2, 0) is 6.54 Å². The molecule has 5 nitrogen and oxygen atoms in total. The maximum absolute atomic E-state index is 13.5. The topological polar surface area (TPSA) is 55.1 Å². The van der Waals surface area contributed by atoms with Gasteiger partial charge in [-0.15, -0.1) is 0 Å². The van der Waals surface area contributed by atoms with Crippen molar-refractivity contribution in [3.8, 4) is 11.4 Å². The zero-order valence-corrected chi connectivity index (χ0v) is 13.8. The van der Waals surface area contributed by atoms with Crippen LogP contribution in [0, 0.1) is 5.82 Å². The van der Waals surface area contributed by atoms with Gasteiger partial charge >= 0.3 is 0 Å². The first-order valence-electron chi connectivity index (χ1n) is 8.52. The Hall–Kier alpha value is -2.60. The fraction of sp³-hybridized carbons (Fsp3) is 0.316. The Balaban J connectivity index is 1.56. The van der Waals surface area contributed by atoms with Crippen molar-refractivity contribution in [3.05, 3.63) is 66.1 Å². The van der Waals surface area contributed by atoms with Gasteiger partial charge in [-0.25, -0.2) is 4.39 Å². The minimum atomic E-state index is -0.206. The molecule has 1 aliphatic heterocycles. The lowest BCUT2D eigenvalue weighted by molar-refractivity contribution is 0.111. The average molecular weight is 338 g/mol. The second-order valence-electron chi connectivity index (χ2n) is 6.31. The summed E-state index contributed by atoms with van der Waals surface area (Å²) in [6.45, 7) is 1.61. The second-order valence-corrected chi connectivity index (χ2v) is 6.31. The summed E-state index contributed by atoms with van der Waals surface area (Å²) < 4.78 is 19.0. The van der Waals surface area contributed by atoms with E-state index in [1.165, 1.54) is 6.07 Å². The summed E-state index contributed by atoms with van der Waals surface area (Å²) in [7, 11) is 0. The van der Waals surface area contributed by atoms with E-state index < -0.39 is 0 Å². The van der Waals surface area contributed by atoms with Crippen LogP contribution in [0.3, 0.4) is 0 Å². The SMILES string of the molecule is Fc1cccc(CN2CCCC[C@H]2c2nc(-c3cccnc3)no2)c1. The van der Waals surface area contributed by atoms with Crippen molar-refractivity contribution < 1.29 is 8.91 Å². The van der Waals surface area contributed by atoms with E-state index >= 15 is 0 Å². The lowest BCUT2D eigenvalue weighted by Gasteiger charge is -2.33. The molecule has 0 saturated carbocycles. The lowest BCUT2D eigenvalue weighted by Crippen LogP contribution is -2.33. The van der Waals surface area contributed by atoms with E-state index in [1.54, 1.807) is 24.5 Å². The van der Waals surface area contributed by atoms with Crippen molar-refractivity contribution in [1.82, 2.24) is 20.0 Å². The largest absolute Gasteiger partial charge is 0.337 e. The van der Waals surface area contributed by atoms with E-state index in [0.717, 1.165) is 36.9 Å². The molecule has 0 unspecified atom stereocenters. The molecule has 4 rings (SSSR count). The van der Waals surface area contributed by atoms with Gasteiger partial charge in [-0.2, -0.15) is 4.98 Å². The van der Waals surface area contributed by atoms with Gasteiger partial charge in [0.05, 0.1) is 6.04 Å². The Morgan fingerprint density at radius 2 is 2.16 bits per heavy atom. The number of rotatable bonds is 4. The second kappa shape index (κ2) is 7.11. The van der Waals surface area contributed by atoms with Crippen LogP contribution < -0.4 is 0 Å². The van der Waals surface area contributed by atoms with E-state index in [9.17, 15) is 4.39 Å². The van der Waals surface area contributed by atoms with Gasteiger partial charge < -0.3 is 4.52 Å². The number of pyridine rings is 1. The van der Waals surface area contributed by atoms with Gasteiger partial charge in [0.15, 0.2) is 0 Å². The predicted molar refractivity (Wildman–Crippen MR) is 90.9 cm³/mol. The fourth-order valence-electron chi connectivity index (χ4n) is 3.31. The van der Waals surface area contributed by atoms with Gasteiger partial charge in [0, 0.05) is 24.5 Å². The van der Waals surface area contributed by atoms with E-state index in [2.05, 4.69) is 20.0 Å². The Morgan fingerprint density at radius 1 is 1.20 bits per heavy atom. The number of aromatic nitrogens is 3. The Kier molecular flexibility index (Phi) is 4.52. The van der Waals surface area contributed by atoms with Crippen LogP contribution in [0.25, 0.3) is 11.4 Å². The summed E-state index contributed by atoms with van der Waals surface area (Å²) in [5.41, 5.74) is 1.80. The molecule has 1 atom stereocenters. The number of benzene rings is 1. The molecule has 0 N–H and O–H groups in total. The molecule has 0 bridgehead atoms. The van der Waals surface area contributed by atoms with Crippen LogP contribution in [-0.4, -0.2) is 26.6 Å². The zero-order valence-electron chi connectivity index (χ0n) is 13.8. The van der Waals surface area contributed by atoms with Crippen molar-refractivity contribution in [2.24, 2.45) is 0 Å². The quantitative estimate of drug-likeness (QED) is 0.720. The summed E-state index contributed by atoms with van der Waals surface area (Å²) in [6.07, 6.45) is 6.64. The summed E-state index contributed by atoms with van der Waals surface area (Å²) in [5, 5.41) is 4.10. The molecule has 6 heteroatoms. The maximum atomic E-state index is 13.5. The molecule has 25 heavy (non-hydrogen) atoms. The molecule has 0 aliphatic carbocycles. The van der Waals surface area contributed by atoms with Crippen LogP contribution in [0.2, 0.25) is 0 Å². The first-order chi connectivity index (χ1) is 12.3. The van der Waals surface area contributed by atoms with Gasteiger partial charge in [0.2, 0.25) is 11.7 Å². The smallest absolute Gasteiger partial charge is 0.244 e. The number of nitrogens with zero attached hydrogens (tertiary/aromatic N) is 4. The van der Waals surface area contributed by atoms with Gasteiger partial charge in [0.1, 0.15) is 5.82 Å². The van der Waals surface area contributed by atoms with Crippen LogP contribution in [0.1, 0.15) is 36.8 Å². The minimum Gasteiger partial charge on any atom is -0.337 e. The first kappa shape index (κ1) is 15.9. The molecule has 128 valence electrons. The molecule has 3 aromatic rings. The van der Waals surface area contributed by atoms with Crippen LogP contribution >= 0.6 is 0 Å². The van der Waals surface area contributed by atoms with Gasteiger partial charge in [-0.1, -0.05) is 23.7 Å². The Labute approximate surface area is 145 Å². The fourth-order valence-corrected chi connectivity index (χ4v) is 3.31. The van der Waals surface area contributed by atoms with E-state index in [0.29, 0.717) is 18.3 Å². The zero-order chi connectivity index (χ0) is 17.1. The molecule has 2 aromatic heterocycles. The molecule has 0 spiro atoms. The van der Waals surface area contributed by atoms with Crippen LogP contribution in [0.4, 0.5) is 4.39 Å². The van der Waals surface area contributed by atoms with Crippen molar-refractivity contribution in [2.75, 3.05) is 6.54 Å². The molecular formula is C19H19FN4O. The maximum Gasteiger partial charge on any atom is 0.244 e. The number of likely N-dealkylation sites (tertiary alicyclic amines) is 1. The van der Waals surface area contributed by atoms with Crippen molar-refractivity contribution in [3.63, 3.8) is 0 Å². The highest BCUT2D eigenvalue weighted by molar-refractivity contribution is 5.51. The van der Waals surface area contributed by atoms with E-state index in [4.69, 9.17) is 4.52 Å². The highest BCUT2D eigenvalue weighted by atomic mass is 19.1. The molecule has 1 fully saturated rings. The third kappa shape index (κ3) is 3.58. The third-order valence-electron chi connectivity index (χ3n) is 4.53. The molecule has 1 aromatic carbocycles. The van der Waals surface area contributed by atoms with Crippen LogP contribution in [0.15, 0.2) is 53.3 Å². The van der Waals surface area contributed by atoms with Gasteiger partial charge in [-0.3, -0.25) is 9.88 Å². The van der Waals surface area contributed by atoms with Gasteiger partial charge in [0.25, 0.3) is 0 Å². The molecular weight excluding hydrogens is 319 g/mol. The predicted octanol–water partition coefficient (Wildman–Crippen LogP) is 4.00. The van der Waals surface area contributed by atoms with Crippen molar-refractivity contribution in [1.29, 1.82) is 0 Å². The normalized spacial score (nSPS) is 18.4. The molecule has 1 saturated heterocycles. The number of hydrogen-bond acceptors (Lipinski definition) is 5. The number of piperidine rings is 1. The molecule has 3 heterocycles. The van der Waals surface area contributed by atoms with E-state index in [-0.39, 0.29) is 11.9 Å². The van der Waals surface area contributed by atoms with Crippen molar-refractivity contribution >= 4 is 0 Å². The Morgan fingerprint density at radius 3 is 3.00 bits per heavy atom.